The fourth-order valence-electron chi connectivity index (χ4n) is 4.56. The van der Waals surface area contributed by atoms with Crippen LogP contribution in [0.2, 0.25) is 0 Å². The van der Waals surface area contributed by atoms with Crippen molar-refractivity contribution >= 4 is 11.7 Å². The molecule has 1 heterocycles. The van der Waals surface area contributed by atoms with Crippen molar-refractivity contribution in [2.45, 2.75) is 31.3 Å². The van der Waals surface area contributed by atoms with Gasteiger partial charge in [0.2, 0.25) is 0 Å². The number of carbonyl (C=O) groups excluding carboxylic acids is 2. The summed E-state index contributed by atoms with van der Waals surface area (Å²) in [7, 11) is 0. The van der Waals surface area contributed by atoms with E-state index in [1.54, 1.807) is 24.3 Å². The van der Waals surface area contributed by atoms with Gasteiger partial charge in [-0.25, -0.2) is 13.2 Å². The van der Waals surface area contributed by atoms with E-state index in [1.807, 2.05) is 6.07 Å². The molecule has 33 heavy (non-hydrogen) atoms. The summed E-state index contributed by atoms with van der Waals surface area (Å²) in [4.78, 5) is 25.5. The van der Waals surface area contributed by atoms with Crippen molar-refractivity contribution in [1.82, 2.24) is 15.1 Å². The van der Waals surface area contributed by atoms with Crippen LogP contribution >= 0.6 is 0 Å². The number of Topliss-reactive ketones (excluding diaryl/α,β-unsaturated/α-hetero) is 1. The molecular formula is C24H17F3N4O2. The first-order chi connectivity index (χ1) is 15.8. The predicted octanol–water partition coefficient (Wildman–Crippen LogP) is 3.25. The molecule has 9 heteroatoms. The van der Waals surface area contributed by atoms with Crippen molar-refractivity contribution in [3.8, 4) is 6.07 Å². The first kappa shape index (κ1) is 20.9. The van der Waals surface area contributed by atoms with E-state index in [4.69, 9.17) is 5.26 Å². The largest absolute Gasteiger partial charge is 0.340 e. The maximum atomic E-state index is 14.5. The zero-order valence-electron chi connectivity index (χ0n) is 17.2. The molecule has 1 aromatic heterocycles. The van der Waals surface area contributed by atoms with Crippen molar-refractivity contribution < 1.29 is 22.8 Å². The van der Waals surface area contributed by atoms with Crippen LogP contribution < -0.4 is 5.32 Å². The molecule has 6 nitrogen and oxygen atoms in total. The molecular weight excluding hydrogens is 433 g/mol. The highest BCUT2D eigenvalue weighted by Crippen LogP contribution is 2.53. The standard InChI is InChI=1S/C24H17F3N4O2/c25-14-5-15-16-7-18(16)22(21(32)8-17(15)19(26)6-14)29-24(33)23-20(27)11-31(30-23)10-13-3-1-2-12(4-13)9-28/h1-6,11,16,18,22H,7-8,10H2,(H,29,33)/t16-,18-,22-/m1/s1. The van der Waals surface area contributed by atoms with E-state index in [0.717, 1.165) is 12.3 Å². The number of nitrogens with zero attached hydrogens (tertiary/aromatic N) is 3. The normalized spacial score (nSPS) is 20.9. The van der Waals surface area contributed by atoms with Crippen LogP contribution in [0.3, 0.4) is 0 Å². The van der Waals surface area contributed by atoms with E-state index in [1.165, 1.54) is 10.7 Å². The summed E-state index contributed by atoms with van der Waals surface area (Å²) in [6.07, 6.45) is 1.29. The average Bonchev–Trinajstić information content (AvgIpc) is 3.49. The van der Waals surface area contributed by atoms with Gasteiger partial charge < -0.3 is 5.32 Å². The minimum absolute atomic E-state index is 0.146. The number of rotatable bonds is 4. The monoisotopic (exact) mass is 450 g/mol. The smallest absolute Gasteiger partial charge is 0.275 e. The van der Waals surface area contributed by atoms with Gasteiger partial charge in [-0.15, -0.1) is 0 Å². The topological polar surface area (TPSA) is 87.8 Å². The fourth-order valence-corrected chi connectivity index (χ4v) is 4.56. The molecule has 2 aliphatic carbocycles. The zero-order chi connectivity index (χ0) is 23.3. The maximum Gasteiger partial charge on any atom is 0.275 e. The summed E-state index contributed by atoms with van der Waals surface area (Å²) in [5.74, 6) is -4.14. The molecule has 1 N–H and O–H groups in total. The van der Waals surface area contributed by atoms with Crippen LogP contribution in [-0.2, 0) is 17.8 Å². The van der Waals surface area contributed by atoms with Crippen LogP contribution in [0.5, 0.6) is 0 Å². The number of aromatic nitrogens is 2. The Morgan fingerprint density at radius 3 is 2.82 bits per heavy atom. The molecule has 1 amide bonds. The van der Waals surface area contributed by atoms with Crippen molar-refractivity contribution in [2.75, 3.05) is 0 Å². The lowest BCUT2D eigenvalue weighted by Crippen LogP contribution is -2.43. The van der Waals surface area contributed by atoms with Gasteiger partial charge in [-0.3, -0.25) is 14.3 Å². The van der Waals surface area contributed by atoms with E-state index in [2.05, 4.69) is 10.4 Å². The van der Waals surface area contributed by atoms with Gasteiger partial charge in [0.25, 0.3) is 5.91 Å². The van der Waals surface area contributed by atoms with Crippen LogP contribution in [0, 0.1) is 34.7 Å². The average molecular weight is 450 g/mol. The third kappa shape index (κ3) is 3.89. The summed E-state index contributed by atoms with van der Waals surface area (Å²) in [6, 6.07) is 9.78. The maximum absolute atomic E-state index is 14.5. The molecule has 1 fully saturated rings. The molecule has 2 aromatic carbocycles. The molecule has 2 aliphatic rings. The molecule has 0 unspecified atom stereocenters. The van der Waals surface area contributed by atoms with Gasteiger partial charge >= 0.3 is 0 Å². The molecule has 0 saturated heterocycles. The van der Waals surface area contributed by atoms with Crippen molar-refractivity contribution in [1.29, 1.82) is 5.26 Å². The molecule has 0 bridgehead atoms. The lowest BCUT2D eigenvalue weighted by Gasteiger charge is -2.15. The van der Waals surface area contributed by atoms with E-state index in [0.29, 0.717) is 23.1 Å². The van der Waals surface area contributed by atoms with Crippen LogP contribution in [0.15, 0.2) is 42.6 Å². The molecule has 3 atom stereocenters. The second kappa shape index (κ2) is 7.89. The highest BCUT2D eigenvalue weighted by molar-refractivity contribution is 5.98. The number of nitriles is 1. The third-order valence-corrected chi connectivity index (χ3v) is 6.18. The van der Waals surface area contributed by atoms with E-state index in [9.17, 15) is 22.8 Å². The van der Waals surface area contributed by atoms with Crippen molar-refractivity contribution in [3.63, 3.8) is 0 Å². The van der Waals surface area contributed by atoms with E-state index >= 15 is 0 Å². The van der Waals surface area contributed by atoms with Crippen molar-refractivity contribution in [2.24, 2.45) is 5.92 Å². The molecule has 0 radical (unpaired) electrons. The first-order valence-corrected chi connectivity index (χ1v) is 10.4. The van der Waals surface area contributed by atoms with Gasteiger partial charge in [-0.2, -0.15) is 10.4 Å². The molecule has 1 saturated carbocycles. The Morgan fingerprint density at radius 1 is 1.21 bits per heavy atom. The fraction of sp³-hybridized carbons (Fsp3) is 0.250. The minimum atomic E-state index is -0.936. The van der Waals surface area contributed by atoms with Crippen LogP contribution in [0.1, 0.15) is 45.1 Å². The summed E-state index contributed by atoms with van der Waals surface area (Å²) >= 11 is 0. The number of hydrogen-bond acceptors (Lipinski definition) is 4. The van der Waals surface area contributed by atoms with Gasteiger partial charge in [-0.05, 0) is 53.1 Å². The number of halogens is 3. The number of fused-ring (bicyclic) bond motifs is 3. The molecule has 3 aromatic rings. The van der Waals surface area contributed by atoms with Crippen molar-refractivity contribution in [3.05, 3.63) is 88.0 Å². The summed E-state index contributed by atoms with van der Waals surface area (Å²) in [5, 5.41) is 15.6. The summed E-state index contributed by atoms with van der Waals surface area (Å²) < 4.78 is 43.7. The lowest BCUT2D eigenvalue weighted by molar-refractivity contribution is -0.120. The first-order valence-electron chi connectivity index (χ1n) is 10.4. The minimum Gasteiger partial charge on any atom is -0.340 e. The van der Waals surface area contributed by atoms with Gasteiger partial charge in [0.05, 0.1) is 30.4 Å². The number of benzene rings is 2. The highest BCUT2D eigenvalue weighted by atomic mass is 19.1. The van der Waals surface area contributed by atoms with Gasteiger partial charge in [0.1, 0.15) is 11.6 Å². The Bertz CT molecular complexity index is 1340. The second-order valence-corrected chi connectivity index (χ2v) is 8.39. The van der Waals surface area contributed by atoms with E-state index in [-0.39, 0.29) is 30.4 Å². The summed E-state index contributed by atoms with van der Waals surface area (Å²) in [5.41, 5.74) is 1.30. The zero-order valence-corrected chi connectivity index (χ0v) is 17.2. The van der Waals surface area contributed by atoms with Gasteiger partial charge in [0.15, 0.2) is 17.3 Å². The Labute approximate surface area is 186 Å². The van der Waals surface area contributed by atoms with Crippen LogP contribution in [0.25, 0.3) is 0 Å². The number of ketones is 1. The quantitative estimate of drug-likeness (QED) is 0.661. The van der Waals surface area contributed by atoms with Gasteiger partial charge in [0, 0.05) is 12.5 Å². The van der Waals surface area contributed by atoms with Gasteiger partial charge in [-0.1, -0.05) is 12.1 Å². The highest BCUT2D eigenvalue weighted by Gasteiger charge is 2.51. The Hall–Kier alpha value is -3.93. The second-order valence-electron chi connectivity index (χ2n) is 8.39. The third-order valence-electron chi connectivity index (χ3n) is 6.18. The number of amides is 1. The Morgan fingerprint density at radius 2 is 2.03 bits per heavy atom. The Balaban J connectivity index is 1.34. The molecule has 166 valence electrons. The van der Waals surface area contributed by atoms with Crippen LogP contribution in [-0.4, -0.2) is 27.5 Å². The Kier molecular flexibility index (Phi) is 5.01. The molecule has 0 aliphatic heterocycles. The predicted molar refractivity (Wildman–Crippen MR) is 110 cm³/mol. The van der Waals surface area contributed by atoms with E-state index < -0.39 is 40.9 Å². The number of hydrogen-bond donors (Lipinski definition) is 1. The number of nitrogens with one attached hydrogen (secondary N) is 1. The molecule has 5 rings (SSSR count). The lowest BCUT2D eigenvalue weighted by atomic mass is 9.99. The van der Waals surface area contributed by atoms with Crippen LogP contribution in [0.4, 0.5) is 13.2 Å². The SMILES string of the molecule is N#Cc1cccc(Cn2cc(F)c(C(=O)N[C@H]3C(=O)Cc4c(F)cc(F)cc4[C@H]4C[C@H]43)n2)c1. The number of carbonyl (C=O) groups is 2. The molecule has 0 spiro atoms. The summed E-state index contributed by atoms with van der Waals surface area (Å²) in [6.45, 7) is 0.146.